The Labute approximate surface area is 104 Å². The number of aromatic nitrogens is 2. The second-order valence-electron chi connectivity index (χ2n) is 4.22. The Morgan fingerprint density at radius 2 is 2.06 bits per heavy atom. The lowest BCUT2D eigenvalue weighted by Crippen LogP contribution is -2.27. The van der Waals surface area contributed by atoms with Crippen LogP contribution in [0.3, 0.4) is 0 Å². The number of methoxy groups -OCH3 is 1. The zero-order valence-electron chi connectivity index (χ0n) is 10.1. The Morgan fingerprint density at radius 1 is 1.41 bits per heavy atom. The van der Waals surface area contributed by atoms with Gasteiger partial charge in [0.25, 0.3) is 0 Å². The summed E-state index contributed by atoms with van der Waals surface area (Å²) in [7, 11) is 1.44. The van der Waals surface area contributed by atoms with Gasteiger partial charge in [-0.1, -0.05) is 11.6 Å². The summed E-state index contributed by atoms with van der Waals surface area (Å²) >= 11 is 5.70. The Balaban J connectivity index is 2.72. The maximum Gasteiger partial charge on any atom is 0.413 e. The van der Waals surface area contributed by atoms with E-state index in [1.54, 1.807) is 20.8 Å². The van der Waals surface area contributed by atoms with Crippen molar-refractivity contribution in [2.24, 2.45) is 0 Å². The van der Waals surface area contributed by atoms with E-state index >= 15 is 0 Å². The van der Waals surface area contributed by atoms with E-state index in [1.165, 1.54) is 13.2 Å². The second-order valence-corrected chi connectivity index (χ2v) is 4.57. The number of ether oxygens (including phenoxy) is 2. The third kappa shape index (κ3) is 4.44. The van der Waals surface area contributed by atoms with Crippen molar-refractivity contribution in [1.29, 1.82) is 0 Å². The number of anilines is 1. The van der Waals surface area contributed by atoms with Crippen LogP contribution in [-0.2, 0) is 4.74 Å². The van der Waals surface area contributed by atoms with Crippen molar-refractivity contribution in [3.05, 3.63) is 11.2 Å². The van der Waals surface area contributed by atoms with Crippen LogP contribution in [0.1, 0.15) is 20.8 Å². The first kappa shape index (κ1) is 13.5. The van der Waals surface area contributed by atoms with Crippen molar-refractivity contribution in [1.82, 2.24) is 10.2 Å². The van der Waals surface area contributed by atoms with E-state index in [2.05, 4.69) is 15.5 Å². The van der Waals surface area contributed by atoms with E-state index in [4.69, 9.17) is 21.1 Å². The molecule has 0 bridgehead atoms. The van der Waals surface area contributed by atoms with Crippen LogP contribution < -0.4 is 10.1 Å². The molecule has 0 unspecified atom stereocenters. The molecular formula is C10H14ClN3O3. The monoisotopic (exact) mass is 259 g/mol. The van der Waals surface area contributed by atoms with Crippen LogP contribution >= 0.6 is 11.6 Å². The summed E-state index contributed by atoms with van der Waals surface area (Å²) in [5, 5.41) is 9.86. The van der Waals surface area contributed by atoms with Gasteiger partial charge in [-0.05, 0) is 20.8 Å². The lowest BCUT2D eigenvalue weighted by Gasteiger charge is -2.19. The fourth-order valence-electron chi connectivity index (χ4n) is 0.972. The molecule has 0 aliphatic heterocycles. The van der Waals surface area contributed by atoms with Crippen molar-refractivity contribution in [2.75, 3.05) is 12.4 Å². The first-order chi connectivity index (χ1) is 7.81. The third-order valence-corrected chi connectivity index (χ3v) is 1.83. The molecule has 1 rings (SSSR count). The van der Waals surface area contributed by atoms with Gasteiger partial charge in [0, 0.05) is 6.07 Å². The molecule has 0 saturated heterocycles. The molecule has 1 heterocycles. The quantitative estimate of drug-likeness (QED) is 0.883. The topological polar surface area (TPSA) is 73.3 Å². The Hall–Kier alpha value is -1.56. The second kappa shape index (κ2) is 5.18. The van der Waals surface area contributed by atoms with Gasteiger partial charge in [0.15, 0.2) is 16.7 Å². The number of carbonyl (C=O) groups excluding carboxylic acids is 1. The van der Waals surface area contributed by atoms with Crippen LogP contribution in [-0.4, -0.2) is 29.0 Å². The van der Waals surface area contributed by atoms with E-state index in [9.17, 15) is 4.79 Å². The third-order valence-electron chi connectivity index (χ3n) is 1.57. The normalized spacial score (nSPS) is 10.9. The van der Waals surface area contributed by atoms with Crippen molar-refractivity contribution < 1.29 is 14.3 Å². The molecule has 7 heteroatoms. The van der Waals surface area contributed by atoms with Crippen molar-refractivity contribution >= 4 is 23.5 Å². The highest BCUT2D eigenvalue weighted by atomic mass is 35.5. The molecule has 0 aliphatic carbocycles. The lowest BCUT2D eigenvalue weighted by atomic mass is 10.2. The van der Waals surface area contributed by atoms with Crippen LogP contribution in [0.4, 0.5) is 10.6 Å². The standard InChI is InChI=1S/C10H14ClN3O3/c1-10(2,3)17-9(15)12-7-5-6(16-4)8(11)14-13-7/h5H,1-4H3,(H,12,13,15). The zero-order valence-corrected chi connectivity index (χ0v) is 10.8. The molecule has 1 aromatic rings. The Morgan fingerprint density at radius 3 is 2.59 bits per heavy atom. The average molecular weight is 260 g/mol. The number of nitrogens with zero attached hydrogens (tertiary/aromatic N) is 2. The first-order valence-corrected chi connectivity index (χ1v) is 5.27. The summed E-state index contributed by atoms with van der Waals surface area (Å²) in [6, 6.07) is 1.46. The van der Waals surface area contributed by atoms with E-state index < -0.39 is 11.7 Å². The molecule has 1 N–H and O–H groups in total. The van der Waals surface area contributed by atoms with E-state index in [1.807, 2.05) is 0 Å². The summed E-state index contributed by atoms with van der Waals surface area (Å²) in [6.45, 7) is 5.29. The van der Waals surface area contributed by atoms with E-state index in [0.29, 0.717) is 5.75 Å². The molecule has 0 aliphatic rings. The Kier molecular flexibility index (Phi) is 4.11. The highest BCUT2D eigenvalue weighted by molar-refractivity contribution is 6.30. The summed E-state index contributed by atoms with van der Waals surface area (Å²) in [5.41, 5.74) is -0.575. The fraction of sp³-hybridized carbons (Fsp3) is 0.500. The molecule has 6 nitrogen and oxygen atoms in total. The fourth-order valence-corrected chi connectivity index (χ4v) is 1.14. The molecule has 1 aromatic heterocycles. The van der Waals surface area contributed by atoms with Crippen LogP contribution in [0.2, 0.25) is 5.15 Å². The molecule has 94 valence electrons. The van der Waals surface area contributed by atoms with Gasteiger partial charge >= 0.3 is 6.09 Å². The molecule has 0 aromatic carbocycles. The van der Waals surface area contributed by atoms with Gasteiger partial charge in [0.1, 0.15) is 5.60 Å². The molecule has 1 amide bonds. The van der Waals surface area contributed by atoms with Gasteiger partial charge in [0.05, 0.1) is 7.11 Å². The minimum atomic E-state index is -0.615. The minimum Gasteiger partial charge on any atom is -0.493 e. The SMILES string of the molecule is COc1cc(NC(=O)OC(C)(C)C)nnc1Cl. The zero-order chi connectivity index (χ0) is 13.1. The van der Waals surface area contributed by atoms with Crippen LogP contribution in [0.25, 0.3) is 0 Å². The van der Waals surface area contributed by atoms with Crippen molar-refractivity contribution in [2.45, 2.75) is 26.4 Å². The first-order valence-electron chi connectivity index (χ1n) is 4.89. The lowest BCUT2D eigenvalue weighted by molar-refractivity contribution is 0.0635. The van der Waals surface area contributed by atoms with Gasteiger partial charge in [-0.3, -0.25) is 5.32 Å². The summed E-state index contributed by atoms with van der Waals surface area (Å²) in [5.74, 6) is 0.535. The number of hydrogen-bond donors (Lipinski definition) is 1. The van der Waals surface area contributed by atoms with Crippen LogP contribution in [0.15, 0.2) is 6.07 Å². The molecular weight excluding hydrogens is 246 g/mol. The summed E-state index contributed by atoms with van der Waals surface area (Å²) < 4.78 is 10.00. The summed E-state index contributed by atoms with van der Waals surface area (Å²) in [6.07, 6.45) is -0.615. The molecule has 0 radical (unpaired) electrons. The average Bonchev–Trinajstić information content (AvgIpc) is 2.18. The van der Waals surface area contributed by atoms with Gasteiger partial charge in [0.2, 0.25) is 0 Å². The van der Waals surface area contributed by atoms with Gasteiger partial charge in [-0.25, -0.2) is 4.79 Å². The highest BCUT2D eigenvalue weighted by Gasteiger charge is 2.17. The van der Waals surface area contributed by atoms with E-state index in [0.717, 1.165) is 0 Å². The number of halogens is 1. The van der Waals surface area contributed by atoms with Crippen molar-refractivity contribution in [3.8, 4) is 5.75 Å². The minimum absolute atomic E-state index is 0.127. The molecule has 0 saturated carbocycles. The highest BCUT2D eigenvalue weighted by Crippen LogP contribution is 2.23. The number of rotatable bonds is 2. The molecule has 17 heavy (non-hydrogen) atoms. The van der Waals surface area contributed by atoms with E-state index in [-0.39, 0.29) is 11.0 Å². The van der Waals surface area contributed by atoms with Gasteiger partial charge in [-0.15, -0.1) is 10.2 Å². The summed E-state index contributed by atoms with van der Waals surface area (Å²) in [4.78, 5) is 11.4. The van der Waals surface area contributed by atoms with Gasteiger partial charge < -0.3 is 9.47 Å². The maximum atomic E-state index is 11.4. The smallest absolute Gasteiger partial charge is 0.413 e. The number of nitrogens with one attached hydrogen (secondary N) is 1. The van der Waals surface area contributed by atoms with Crippen LogP contribution in [0.5, 0.6) is 5.75 Å². The molecule has 0 fully saturated rings. The number of hydrogen-bond acceptors (Lipinski definition) is 5. The Bertz CT molecular complexity index is 418. The maximum absolute atomic E-state index is 11.4. The number of carbonyl (C=O) groups is 1. The van der Waals surface area contributed by atoms with Gasteiger partial charge in [-0.2, -0.15) is 0 Å². The predicted molar refractivity (Wildman–Crippen MR) is 63.5 cm³/mol. The molecule has 0 atom stereocenters. The largest absolute Gasteiger partial charge is 0.493 e. The van der Waals surface area contributed by atoms with Crippen LogP contribution in [0, 0.1) is 0 Å². The number of amides is 1. The molecule has 0 spiro atoms. The predicted octanol–water partition coefficient (Wildman–Crippen LogP) is 2.49. The van der Waals surface area contributed by atoms with Crippen molar-refractivity contribution in [3.63, 3.8) is 0 Å².